The monoisotopic (exact) mass is 551 g/mol. The molecule has 5 nitrogen and oxygen atoms in total. The average molecular weight is 552 g/mol. The van der Waals surface area contributed by atoms with Gasteiger partial charge in [0.2, 0.25) is 0 Å². The Morgan fingerprint density at radius 3 is 2.02 bits per heavy atom. The maximum absolute atomic E-state index is 13.3. The van der Waals surface area contributed by atoms with Crippen molar-refractivity contribution in [2.45, 2.75) is 44.1 Å². The van der Waals surface area contributed by atoms with Crippen LogP contribution in [-0.4, -0.2) is 49.1 Å². The van der Waals surface area contributed by atoms with E-state index in [9.17, 15) is 9.18 Å². The van der Waals surface area contributed by atoms with E-state index in [-0.39, 0.29) is 11.8 Å². The molecule has 212 valence electrons. The van der Waals surface area contributed by atoms with Gasteiger partial charge in [-0.05, 0) is 121 Å². The number of urea groups is 1. The summed E-state index contributed by atoms with van der Waals surface area (Å²) in [6.07, 6.45) is 4.12. The molecule has 0 radical (unpaired) electrons. The summed E-state index contributed by atoms with van der Waals surface area (Å²) < 4.78 is 18.5. The van der Waals surface area contributed by atoms with Crippen molar-refractivity contribution in [1.82, 2.24) is 9.80 Å². The Kier molecular flexibility index (Phi) is 8.19. The van der Waals surface area contributed by atoms with Crippen LogP contribution >= 0.6 is 0 Å². The van der Waals surface area contributed by atoms with Crippen molar-refractivity contribution in [1.29, 1.82) is 0 Å². The molecule has 2 aliphatic heterocycles. The Balaban J connectivity index is 1.00. The lowest BCUT2D eigenvalue weighted by atomic mass is 9.89. The molecule has 1 N–H and O–H groups in total. The SMILES string of the molecule is COc1ccc(C2CCN(C(=O)Nc3ccc4cc(CN5CCC(c6ccc(F)cc6)CC5)ccc4c3)CC2)cc1. The smallest absolute Gasteiger partial charge is 0.321 e. The molecule has 0 atom stereocenters. The zero-order chi connectivity index (χ0) is 28.2. The van der Waals surface area contributed by atoms with Crippen LogP contribution in [0.3, 0.4) is 0 Å². The van der Waals surface area contributed by atoms with Crippen LogP contribution in [0, 0.1) is 5.82 Å². The molecule has 0 spiro atoms. The summed E-state index contributed by atoms with van der Waals surface area (Å²) in [5.74, 6) is 1.69. The lowest BCUT2D eigenvalue weighted by Gasteiger charge is -2.32. The molecule has 2 heterocycles. The van der Waals surface area contributed by atoms with Crippen LogP contribution in [0.1, 0.15) is 54.2 Å². The second-order valence-corrected chi connectivity index (χ2v) is 11.5. The second-order valence-electron chi connectivity index (χ2n) is 11.5. The van der Waals surface area contributed by atoms with Crippen LogP contribution in [0.5, 0.6) is 5.75 Å². The van der Waals surface area contributed by atoms with Gasteiger partial charge in [-0.2, -0.15) is 0 Å². The molecule has 2 fully saturated rings. The Hall–Kier alpha value is -3.90. The van der Waals surface area contributed by atoms with E-state index in [0.717, 1.165) is 75.2 Å². The number of ether oxygens (including phenoxy) is 1. The molecule has 0 unspecified atom stereocenters. The van der Waals surface area contributed by atoms with E-state index >= 15 is 0 Å². The molecule has 2 aliphatic rings. The summed E-state index contributed by atoms with van der Waals surface area (Å²) in [6.45, 7) is 4.52. The Labute approximate surface area is 241 Å². The van der Waals surface area contributed by atoms with Gasteiger partial charge in [-0.1, -0.05) is 42.5 Å². The van der Waals surface area contributed by atoms with Crippen molar-refractivity contribution in [3.8, 4) is 5.75 Å². The number of nitrogens with one attached hydrogen (secondary N) is 1. The number of benzene rings is 4. The van der Waals surface area contributed by atoms with Gasteiger partial charge in [-0.15, -0.1) is 0 Å². The van der Waals surface area contributed by atoms with Crippen LogP contribution in [0.2, 0.25) is 0 Å². The zero-order valence-electron chi connectivity index (χ0n) is 23.7. The van der Waals surface area contributed by atoms with Crippen LogP contribution in [0.4, 0.5) is 14.9 Å². The quantitative estimate of drug-likeness (QED) is 0.266. The highest BCUT2D eigenvalue weighted by atomic mass is 19.1. The van der Waals surface area contributed by atoms with E-state index in [0.29, 0.717) is 11.8 Å². The minimum Gasteiger partial charge on any atom is -0.497 e. The number of carbonyl (C=O) groups excluding carboxylic acids is 1. The number of fused-ring (bicyclic) bond motifs is 1. The molecule has 0 saturated carbocycles. The molecule has 0 aromatic heterocycles. The maximum Gasteiger partial charge on any atom is 0.321 e. The van der Waals surface area contributed by atoms with Gasteiger partial charge in [0.05, 0.1) is 7.11 Å². The van der Waals surface area contributed by atoms with Gasteiger partial charge in [0, 0.05) is 25.3 Å². The summed E-state index contributed by atoms with van der Waals surface area (Å²) in [7, 11) is 1.68. The average Bonchev–Trinajstić information content (AvgIpc) is 3.02. The lowest BCUT2D eigenvalue weighted by Crippen LogP contribution is -2.40. The predicted molar refractivity (Wildman–Crippen MR) is 163 cm³/mol. The first-order chi connectivity index (χ1) is 20.0. The van der Waals surface area contributed by atoms with Crippen molar-refractivity contribution in [3.63, 3.8) is 0 Å². The largest absolute Gasteiger partial charge is 0.497 e. The molecule has 2 saturated heterocycles. The zero-order valence-corrected chi connectivity index (χ0v) is 23.7. The van der Waals surface area contributed by atoms with Gasteiger partial charge >= 0.3 is 6.03 Å². The van der Waals surface area contributed by atoms with Crippen molar-refractivity contribution in [2.75, 3.05) is 38.6 Å². The summed E-state index contributed by atoms with van der Waals surface area (Å²) in [5.41, 5.74) is 4.69. The topological polar surface area (TPSA) is 44.8 Å². The highest BCUT2D eigenvalue weighted by molar-refractivity contribution is 5.93. The third-order valence-corrected chi connectivity index (χ3v) is 8.86. The summed E-state index contributed by atoms with van der Waals surface area (Å²) in [6, 6.07) is 28.1. The van der Waals surface area contributed by atoms with Gasteiger partial charge < -0.3 is 15.0 Å². The number of methoxy groups -OCH3 is 1. The minimum atomic E-state index is -0.168. The van der Waals surface area contributed by atoms with Crippen LogP contribution in [0.15, 0.2) is 84.9 Å². The third-order valence-electron chi connectivity index (χ3n) is 8.86. The molecular formula is C35H38FN3O2. The number of amides is 2. The van der Waals surface area contributed by atoms with Crippen molar-refractivity contribution in [2.24, 2.45) is 0 Å². The number of hydrogen-bond donors (Lipinski definition) is 1. The van der Waals surface area contributed by atoms with Crippen molar-refractivity contribution >= 4 is 22.5 Å². The number of halogens is 1. The van der Waals surface area contributed by atoms with Gasteiger partial charge in [0.25, 0.3) is 0 Å². The first-order valence-electron chi connectivity index (χ1n) is 14.7. The fourth-order valence-electron chi connectivity index (χ4n) is 6.38. The molecule has 6 rings (SSSR count). The highest BCUT2D eigenvalue weighted by Gasteiger charge is 2.24. The Morgan fingerprint density at radius 1 is 0.780 bits per heavy atom. The van der Waals surface area contributed by atoms with E-state index < -0.39 is 0 Å². The van der Waals surface area contributed by atoms with E-state index in [1.165, 1.54) is 22.1 Å². The minimum absolute atomic E-state index is 0.0295. The van der Waals surface area contributed by atoms with Crippen LogP contribution < -0.4 is 10.1 Å². The molecule has 41 heavy (non-hydrogen) atoms. The first-order valence-corrected chi connectivity index (χ1v) is 14.7. The fraction of sp³-hybridized carbons (Fsp3) is 0.343. The van der Waals surface area contributed by atoms with Gasteiger partial charge in [0.15, 0.2) is 0 Å². The number of anilines is 1. The second kappa shape index (κ2) is 12.3. The molecule has 4 aromatic rings. The van der Waals surface area contributed by atoms with Crippen molar-refractivity contribution < 1.29 is 13.9 Å². The van der Waals surface area contributed by atoms with Crippen LogP contribution in [0.25, 0.3) is 10.8 Å². The van der Waals surface area contributed by atoms with E-state index in [4.69, 9.17) is 4.74 Å². The van der Waals surface area contributed by atoms with E-state index in [1.807, 2.05) is 35.2 Å². The molecule has 4 aromatic carbocycles. The lowest BCUT2D eigenvalue weighted by molar-refractivity contribution is 0.194. The summed E-state index contributed by atoms with van der Waals surface area (Å²) in [4.78, 5) is 17.4. The molecule has 6 heteroatoms. The highest BCUT2D eigenvalue weighted by Crippen LogP contribution is 2.31. The Morgan fingerprint density at radius 2 is 1.37 bits per heavy atom. The standard InChI is InChI=1S/C35H38FN3O2/c1-41-34-12-7-27(8-13-34)29-16-20-39(21-17-29)35(40)37-33-11-6-30-22-25(2-3-31(30)23-33)24-38-18-14-28(15-19-38)26-4-9-32(36)10-5-26/h2-13,22-23,28-29H,14-21,24H2,1H3,(H,37,40). The number of hydrogen-bond acceptors (Lipinski definition) is 3. The van der Waals surface area contributed by atoms with Gasteiger partial charge in [-0.25, -0.2) is 9.18 Å². The number of piperidine rings is 2. The predicted octanol–water partition coefficient (Wildman–Crippen LogP) is 7.78. The molecular weight excluding hydrogens is 513 g/mol. The normalized spacial score (nSPS) is 17.1. The van der Waals surface area contributed by atoms with Crippen LogP contribution in [-0.2, 0) is 6.54 Å². The molecule has 2 amide bonds. The third kappa shape index (κ3) is 6.54. The fourth-order valence-corrected chi connectivity index (χ4v) is 6.38. The number of nitrogens with zero attached hydrogens (tertiary/aromatic N) is 2. The first kappa shape index (κ1) is 27.3. The van der Waals surface area contributed by atoms with Gasteiger partial charge in [0.1, 0.15) is 11.6 Å². The molecule has 0 aliphatic carbocycles. The number of carbonyl (C=O) groups is 1. The van der Waals surface area contributed by atoms with E-state index in [1.54, 1.807) is 19.2 Å². The summed E-state index contributed by atoms with van der Waals surface area (Å²) >= 11 is 0. The maximum atomic E-state index is 13.3. The number of rotatable bonds is 6. The number of likely N-dealkylation sites (tertiary alicyclic amines) is 2. The van der Waals surface area contributed by atoms with Gasteiger partial charge in [-0.3, -0.25) is 4.90 Å². The van der Waals surface area contributed by atoms with Crippen molar-refractivity contribution in [3.05, 3.63) is 107 Å². The molecule has 0 bridgehead atoms. The Bertz CT molecular complexity index is 1470. The van der Waals surface area contributed by atoms with E-state index in [2.05, 4.69) is 52.7 Å². The summed E-state index contributed by atoms with van der Waals surface area (Å²) in [5, 5.41) is 5.42.